The van der Waals surface area contributed by atoms with Gasteiger partial charge in [0, 0.05) is 25.2 Å². The maximum atomic E-state index is 10.8. The third-order valence-electron chi connectivity index (χ3n) is 3.56. The SMILES string of the molecule is CCOc1cc(C=O)ccc1OCCN1C[C@@H](C)O[C@@H](C)C1. The summed E-state index contributed by atoms with van der Waals surface area (Å²) in [5.74, 6) is 1.30. The minimum absolute atomic E-state index is 0.259. The zero-order valence-electron chi connectivity index (χ0n) is 13.6. The maximum Gasteiger partial charge on any atom is 0.161 e. The number of carbonyl (C=O) groups is 1. The molecule has 2 atom stereocenters. The van der Waals surface area contributed by atoms with Crippen LogP contribution in [-0.2, 0) is 4.74 Å². The first-order valence-corrected chi connectivity index (χ1v) is 7.85. The van der Waals surface area contributed by atoms with E-state index in [9.17, 15) is 4.79 Å². The molecule has 0 aliphatic carbocycles. The Morgan fingerprint density at radius 2 is 1.95 bits per heavy atom. The van der Waals surface area contributed by atoms with Crippen molar-refractivity contribution < 1.29 is 19.0 Å². The second kappa shape index (κ2) is 8.15. The summed E-state index contributed by atoms with van der Waals surface area (Å²) in [5, 5.41) is 0. The first-order chi connectivity index (χ1) is 10.6. The highest BCUT2D eigenvalue weighted by Gasteiger charge is 2.21. The van der Waals surface area contributed by atoms with Gasteiger partial charge in [-0.1, -0.05) is 0 Å². The van der Waals surface area contributed by atoms with E-state index in [1.807, 2.05) is 6.92 Å². The maximum absolute atomic E-state index is 10.8. The van der Waals surface area contributed by atoms with E-state index >= 15 is 0 Å². The number of ether oxygens (including phenoxy) is 3. The van der Waals surface area contributed by atoms with Crippen LogP contribution in [0.5, 0.6) is 11.5 Å². The molecule has 0 unspecified atom stereocenters. The normalized spacial score (nSPS) is 22.3. The zero-order valence-corrected chi connectivity index (χ0v) is 13.6. The van der Waals surface area contributed by atoms with Gasteiger partial charge in [0.25, 0.3) is 0 Å². The number of morpholine rings is 1. The lowest BCUT2D eigenvalue weighted by Gasteiger charge is -2.35. The standard InChI is InChI=1S/C17H25NO4/c1-4-20-17-9-15(12-19)5-6-16(17)21-8-7-18-10-13(2)22-14(3)11-18/h5-6,9,12-14H,4,7-8,10-11H2,1-3H3/t13-,14+. The molecule has 0 bridgehead atoms. The molecule has 1 aliphatic heterocycles. The van der Waals surface area contributed by atoms with E-state index in [2.05, 4.69) is 18.7 Å². The molecule has 0 radical (unpaired) electrons. The van der Waals surface area contributed by atoms with Crippen LogP contribution in [0.25, 0.3) is 0 Å². The number of nitrogens with zero attached hydrogens (tertiary/aromatic N) is 1. The van der Waals surface area contributed by atoms with Gasteiger partial charge >= 0.3 is 0 Å². The number of rotatable bonds is 7. The molecule has 1 heterocycles. The Balaban J connectivity index is 1.89. The van der Waals surface area contributed by atoms with Gasteiger partial charge in [-0.2, -0.15) is 0 Å². The van der Waals surface area contributed by atoms with Gasteiger partial charge < -0.3 is 14.2 Å². The smallest absolute Gasteiger partial charge is 0.161 e. The largest absolute Gasteiger partial charge is 0.490 e. The number of hydrogen-bond acceptors (Lipinski definition) is 5. The Bertz CT molecular complexity index is 482. The molecule has 122 valence electrons. The molecule has 5 nitrogen and oxygen atoms in total. The summed E-state index contributed by atoms with van der Waals surface area (Å²) < 4.78 is 17.1. The average Bonchev–Trinajstić information content (AvgIpc) is 2.48. The molecule has 0 amide bonds. The van der Waals surface area contributed by atoms with Crippen molar-refractivity contribution in [1.29, 1.82) is 0 Å². The van der Waals surface area contributed by atoms with Gasteiger partial charge in [0.05, 0.1) is 18.8 Å². The fourth-order valence-corrected chi connectivity index (χ4v) is 2.74. The number of carbonyl (C=O) groups excluding carboxylic acids is 1. The van der Waals surface area contributed by atoms with Crippen LogP contribution in [0.3, 0.4) is 0 Å². The molecule has 1 aromatic rings. The van der Waals surface area contributed by atoms with Crippen LogP contribution < -0.4 is 9.47 Å². The molecule has 1 aliphatic rings. The van der Waals surface area contributed by atoms with Crippen molar-refractivity contribution in [3.05, 3.63) is 23.8 Å². The van der Waals surface area contributed by atoms with Gasteiger partial charge in [-0.05, 0) is 39.0 Å². The molecule has 0 aromatic heterocycles. The van der Waals surface area contributed by atoms with Gasteiger partial charge in [0.2, 0.25) is 0 Å². The topological polar surface area (TPSA) is 48.0 Å². The molecular weight excluding hydrogens is 282 g/mol. The highest BCUT2D eigenvalue weighted by atomic mass is 16.5. The molecule has 1 aromatic carbocycles. The van der Waals surface area contributed by atoms with E-state index < -0.39 is 0 Å². The monoisotopic (exact) mass is 307 g/mol. The van der Waals surface area contributed by atoms with Crippen LogP contribution in [0, 0.1) is 0 Å². The summed E-state index contributed by atoms with van der Waals surface area (Å²) in [5.41, 5.74) is 0.589. The molecular formula is C17H25NO4. The lowest BCUT2D eigenvalue weighted by Crippen LogP contribution is -2.46. The molecule has 0 N–H and O–H groups in total. The molecule has 1 fully saturated rings. The van der Waals surface area contributed by atoms with Crippen molar-refractivity contribution in [3.8, 4) is 11.5 Å². The first kappa shape index (κ1) is 16.8. The van der Waals surface area contributed by atoms with Crippen LogP contribution in [0.4, 0.5) is 0 Å². The molecule has 5 heteroatoms. The lowest BCUT2D eigenvalue weighted by molar-refractivity contribution is -0.0699. The predicted octanol–water partition coefficient (Wildman–Crippen LogP) is 2.39. The number of benzene rings is 1. The van der Waals surface area contributed by atoms with E-state index in [4.69, 9.17) is 14.2 Å². The quantitative estimate of drug-likeness (QED) is 0.724. The van der Waals surface area contributed by atoms with Crippen molar-refractivity contribution in [2.24, 2.45) is 0 Å². The van der Waals surface area contributed by atoms with E-state index in [0.29, 0.717) is 30.3 Å². The van der Waals surface area contributed by atoms with Crippen molar-refractivity contribution in [1.82, 2.24) is 4.90 Å². The Morgan fingerprint density at radius 3 is 2.59 bits per heavy atom. The van der Waals surface area contributed by atoms with Gasteiger partial charge in [-0.3, -0.25) is 9.69 Å². The van der Waals surface area contributed by atoms with Gasteiger partial charge in [-0.25, -0.2) is 0 Å². The van der Waals surface area contributed by atoms with Crippen molar-refractivity contribution in [2.75, 3.05) is 32.8 Å². The second-order valence-corrected chi connectivity index (χ2v) is 5.62. The van der Waals surface area contributed by atoms with Gasteiger partial charge in [-0.15, -0.1) is 0 Å². The Hall–Kier alpha value is -1.59. The van der Waals surface area contributed by atoms with Crippen LogP contribution in [0.15, 0.2) is 18.2 Å². The summed E-state index contributed by atoms with van der Waals surface area (Å²) in [7, 11) is 0. The summed E-state index contributed by atoms with van der Waals surface area (Å²) in [6.45, 7) is 9.92. The van der Waals surface area contributed by atoms with Gasteiger partial charge in [0.15, 0.2) is 11.5 Å². The zero-order chi connectivity index (χ0) is 15.9. The van der Waals surface area contributed by atoms with Crippen LogP contribution in [0.1, 0.15) is 31.1 Å². The van der Waals surface area contributed by atoms with Crippen molar-refractivity contribution in [2.45, 2.75) is 33.0 Å². The highest BCUT2D eigenvalue weighted by molar-refractivity contribution is 5.76. The predicted molar refractivity (Wildman–Crippen MR) is 84.9 cm³/mol. The Labute approximate surface area is 132 Å². The molecule has 0 spiro atoms. The van der Waals surface area contributed by atoms with E-state index in [1.165, 1.54) is 0 Å². The summed E-state index contributed by atoms with van der Waals surface area (Å²) >= 11 is 0. The minimum atomic E-state index is 0.259. The molecule has 1 saturated heterocycles. The van der Waals surface area contributed by atoms with Crippen LogP contribution in [-0.4, -0.2) is 56.2 Å². The van der Waals surface area contributed by atoms with E-state index in [1.54, 1.807) is 18.2 Å². The fourth-order valence-electron chi connectivity index (χ4n) is 2.74. The second-order valence-electron chi connectivity index (χ2n) is 5.62. The molecule has 2 rings (SSSR count). The third-order valence-corrected chi connectivity index (χ3v) is 3.56. The third kappa shape index (κ3) is 4.71. The van der Waals surface area contributed by atoms with Crippen LogP contribution >= 0.6 is 0 Å². The van der Waals surface area contributed by atoms with Crippen molar-refractivity contribution >= 4 is 6.29 Å². The number of aldehydes is 1. The number of hydrogen-bond donors (Lipinski definition) is 0. The fraction of sp³-hybridized carbons (Fsp3) is 0.588. The molecule has 22 heavy (non-hydrogen) atoms. The highest BCUT2D eigenvalue weighted by Crippen LogP contribution is 2.28. The first-order valence-electron chi connectivity index (χ1n) is 7.85. The molecule has 0 saturated carbocycles. The Kier molecular flexibility index (Phi) is 6.21. The summed E-state index contributed by atoms with van der Waals surface area (Å²) in [6.07, 6.45) is 1.33. The van der Waals surface area contributed by atoms with Gasteiger partial charge in [0.1, 0.15) is 12.9 Å². The summed E-state index contributed by atoms with van der Waals surface area (Å²) in [6, 6.07) is 5.24. The Morgan fingerprint density at radius 1 is 1.23 bits per heavy atom. The van der Waals surface area contributed by atoms with E-state index in [0.717, 1.165) is 25.9 Å². The summed E-state index contributed by atoms with van der Waals surface area (Å²) in [4.78, 5) is 13.2. The van der Waals surface area contributed by atoms with Crippen LogP contribution in [0.2, 0.25) is 0 Å². The average molecular weight is 307 g/mol. The van der Waals surface area contributed by atoms with E-state index in [-0.39, 0.29) is 12.2 Å². The minimum Gasteiger partial charge on any atom is -0.490 e. The van der Waals surface area contributed by atoms with Crippen molar-refractivity contribution in [3.63, 3.8) is 0 Å². The lowest BCUT2D eigenvalue weighted by atomic mass is 10.2.